The van der Waals surface area contributed by atoms with E-state index in [-0.39, 0.29) is 0 Å². The minimum absolute atomic E-state index is 0.667. The summed E-state index contributed by atoms with van der Waals surface area (Å²) in [5, 5.41) is 9.28. The van der Waals surface area contributed by atoms with Gasteiger partial charge in [-0.15, -0.1) is 0 Å². The van der Waals surface area contributed by atoms with Crippen LogP contribution in [0.3, 0.4) is 0 Å². The lowest BCUT2D eigenvalue weighted by molar-refractivity contribution is 0.261. The smallest absolute Gasteiger partial charge is 0.119 e. The van der Waals surface area contributed by atoms with Crippen LogP contribution in [0.15, 0.2) is 48.5 Å². The van der Waals surface area contributed by atoms with Crippen molar-refractivity contribution in [1.82, 2.24) is 10.2 Å². The first-order valence-corrected chi connectivity index (χ1v) is 11.0. The summed E-state index contributed by atoms with van der Waals surface area (Å²) in [4.78, 5) is 2.12. The molecule has 0 aromatic heterocycles. The molecule has 0 aliphatic carbocycles. The molecule has 0 saturated carbocycles. The molecule has 5 heteroatoms. The van der Waals surface area contributed by atoms with Gasteiger partial charge in [0.05, 0.1) is 0 Å². The van der Waals surface area contributed by atoms with Crippen molar-refractivity contribution in [3.8, 4) is 5.75 Å². The van der Waals surface area contributed by atoms with Crippen LogP contribution in [0.1, 0.15) is 16.7 Å². The van der Waals surface area contributed by atoms with E-state index in [0.717, 1.165) is 49.4 Å². The molecule has 0 aliphatic rings. The van der Waals surface area contributed by atoms with E-state index in [1.807, 2.05) is 40.3 Å². The molecule has 0 heterocycles. The molecule has 3 aromatic carbocycles. The van der Waals surface area contributed by atoms with Crippen molar-refractivity contribution in [2.45, 2.75) is 19.3 Å². The SMILES string of the molecule is CNCCc1c(CCc2cc(OCCN(C)C)ccc2N)cc(NC)c2ccccc12. The lowest BCUT2D eigenvalue weighted by atomic mass is 9.91. The molecular formula is C26H36N4O. The van der Waals surface area contributed by atoms with E-state index in [1.54, 1.807) is 0 Å². The quantitative estimate of drug-likeness (QED) is 0.410. The number of nitrogens with one attached hydrogen (secondary N) is 2. The predicted octanol–water partition coefficient (Wildman–Crippen LogP) is 3.95. The largest absolute Gasteiger partial charge is 0.492 e. The minimum atomic E-state index is 0.667. The summed E-state index contributed by atoms with van der Waals surface area (Å²) in [7, 11) is 8.09. The number of anilines is 2. The van der Waals surface area contributed by atoms with Crippen molar-refractivity contribution in [3.63, 3.8) is 0 Å². The van der Waals surface area contributed by atoms with Crippen LogP contribution in [0.2, 0.25) is 0 Å². The maximum absolute atomic E-state index is 6.31. The van der Waals surface area contributed by atoms with Gasteiger partial charge in [-0.3, -0.25) is 0 Å². The normalized spacial score (nSPS) is 11.3. The number of fused-ring (bicyclic) bond motifs is 1. The van der Waals surface area contributed by atoms with Crippen LogP contribution in [-0.4, -0.2) is 52.8 Å². The number of nitrogens with zero attached hydrogens (tertiary/aromatic N) is 1. The summed E-state index contributed by atoms with van der Waals surface area (Å²) >= 11 is 0. The molecule has 0 amide bonds. The van der Waals surface area contributed by atoms with E-state index in [9.17, 15) is 0 Å². The van der Waals surface area contributed by atoms with E-state index < -0.39 is 0 Å². The highest BCUT2D eigenvalue weighted by molar-refractivity contribution is 5.97. The number of benzene rings is 3. The Morgan fingerprint density at radius 1 is 0.903 bits per heavy atom. The molecule has 0 fully saturated rings. The van der Waals surface area contributed by atoms with Gasteiger partial charge in [-0.25, -0.2) is 0 Å². The first-order valence-electron chi connectivity index (χ1n) is 11.0. The average Bonchev–Trinajstić information content (AvgIpc) is 2.77. The molecular weight excluding hydrogens is 384 g/mol. The van der Waals surface area contributed by atoms with Crippen LogP contribution < -0.4 is 21.1 Å². The number of rotatable bonds is 11. The van der Waals surface area contributed by atoms with E-state index in [2.05, 4.69) is 51.9 Å². The molecule has 3 aromatic rings. The predicted molar refractivity (Wildman–Crippen MR) is 133 cm³/mol. The number of hydrogen-bond donors (Lipinski definition) is 3. The van der Waals surface area contributed by atoms with Crippen molar-refractivity contribution in [2.24, 2.45) is 0 Å². The Morgan fingerprint density at radius 2 is 1.65 bits per heavy atom. The van der Waals surface area contributed by atoms with Gasteiger partial charge < -0.3 is 26.0 Å². The molecule has 0 saturated heterocycles. The van der Waals surface area contributed by atoms with Gasteiger partial charge in [-0.05, 0) is 93.3 Å². The number of nitrogen functional groups attached to an aromatic ring is 1. The standard InChI is InChI=1S/C26H36N4O/c1-28-14-13-22-19(18-26(29-2)24-8-6-5-7-23(22)24)9-10-20-17-21(11-12-25(20)27)31-16-15-30(3)4/h5-8,11-12,17-18,28-29H,9-10,13-16,27H2,1-4H3. The highest BCUT2D eigenvalue weighted by Gasteiger charge is 2.12. The van der Waals surface area contributed by atoms with Crippen LogP contribution in [-0.2, 0) is 19.3 Å². The van der Waals surface area contributed by atoms with E-state index >= 15 is 0 Å². The fourth-order valence-corrected chi connectivity index (χ4v) is 3.97. The Labute approximate surface area is 186 Å². The van der Waals surface area contributed by atoms with Crippen molar-refractivity contribution in [2.75, 3.05) is 58.9 Å². The van der Waals surface area contributed by atoms with Crippen LogP contribution in [0.5, 0.6) is 5.75 Å². The summed E-state index contributed by atoms with van der Waals surface area (Å²) in [5.74, 6) is 0.885. The zero-order valence-electron chi connectivity index (χ0n) is 19.3. The second-order valence-corrected chi connectivity index (χ2v) is 8.22. The van der Waals surface area contributed by atoms with Crippen molar-refractivity contribution < 1.29 is 4.74 Å². The molecule has 31 heavy (non-hydrogen) atoms. The maximum Gasteiger partial charge on any atom is 0.119 e. The number of hydrogen-bond acceptors (Lipinski definition) is 5. The summed E-state index contributed by atoms with van der Waals surface area (Å²) in [5.41, 5.74) is 12.2. The zero-order chi connectivity index (χ0) is 22.2. The van der Waals surface area contributed by atoms with Gasteiger partial charge in [0, 0.05) is 30.4 Å². The molecule has 0 aliphatic heterocycles. The second kappa shape index (κ2) is 11.0. The molecule has 0 atom stereocenters. The highest BCUT2D eigenvalue weighted by Crippen LogP contribution is 2.31. The topological polar surface area (TPSA) is 62.5 Å². The van der Waals surface area contributed by atoms with Crippen LogP contribution >= 0.6 is 0 Å². The Kier molecular flexibility index (Phi) is 8.15. The van der Waals surface area contributed by atoms with Gasteiger partial charge >= 0.3 is 0 Å². The summed E-state index contributed by atoms with van der Waals surface area (Å²) < 4.78 is 5.92. The number of nitrogens with two attached hydrogens (primary N) is 1. The molecule has 0 bridgehead atoms. The third kappa shape index (κ3) is 5.90. The summed E-state index contributed by atoms with van der Waals surface area (Å²) in [6, 6.07) is 17.0. The Morgan fingerprint density at radius 3 is 2.35 bits per heavy atom. The third-order valence-corrected chi connectivity index (χ3v) is 5.73. The molecule has 0 radical (unpaired) electrons. The van der Waals surface area contributed by atoms with Gasteiger partial charge in [0.15, 0.2) is 0 Å². The van der Waals surface area contributed by atoms with Gasteiger partial charge in [-0.2, -0.15) is 0 Å². The van der Waals surface area contributed by atoms with Crippen LogP contribution in [0, 0.1) is 0 Å². The monoisotopic (exact) mass is 420 g/mol. The molecule has 0 unspecified atom stereocenters. The van der Waals surface area contributed by atoms with Crippen LogP contribution in [0.25, 0.3) is 10.8 Å². The zero-order valence-corrected chi connectivity index (χ0v) is 19.3. The van der Waals surface area contributed by atoms with Gasteiger partial charge in [0.25, 0.3) is 0 Å². The van der Waals surface area contributed by atoms with Crippen LogP contribution in [0.4, 0.5) is 11.4 Å². The summed E-state index contributed by atoms with van der Waals surface area (Å²) in [6.45, 7) is 2.51. The lowest BCUT2D eigenvalue weighted by Gasteiger charge is -2.18. The van der Waals surface area contributed by atoms with E-state index in [0.29, 0.717) is 6.61 Å². The van der Waals surface area contributed by atoms with E-state index in [4.69, 9.17) is 10.5 Å². The Hall–Kier alpha value is -2.76. The van der Waals surface area contributed by atoms with Gasteiger partial charge in [0.2, 0.25) is 0 Å². The maximum atomic E-state index is 6.31. The molecule has 5 nitrogen and oxygen atoms in total. The Balaban J connectivity index is 1.86. The first kappa shape index (κ1) is 22.9. The fourth-order valence-electron chi connectivity index (χ4n) is 3.97. The lowest BCUT2D eigenvalue weighted by Crippen LogP contribution is -2.19. The molecule has 0 spiro atoms. The minimum Gasteiger partial charge on any atom is -0.492 e. The average molecular weight is 421 g/mol. The molecule has 4 N–H and O–H groups in total. The van der Waals surface area contributed by atoms with Crippen molar-refractivity contribution >= 4 is 22.1 Å². The second-order valence-electron chi connectivity index (χ2n) is 8.22. The number of aryl methyl sites for hydroxylation is 2. The third-order valence-electron chi connectivity index (χ3n) is 5.73. The molecule has 166 valence electrons. The van der Waals surface area contributed by atoms with E-state index in [1.165, 1.54) is 27.6 Å². The highest BCUT2D eigenvalue weighted by atomic mass is 16.5. The summed E-state index contributed by atoms with van der Waals surface area (Å²) in [6.07, 6.45) is 2.81. The van der Waals surface area contributed by atoms with Crippen molar-refractivity contribution in [3.05, 3.63) is 65.2 Å². The Bertz CT molecular complexity index is 1000. The number of ether oxygens (including phenoxy) is 1. The fraction of sp³-hybridized carbons (Fsp3) is 0.385. The van der Waals surface area contributed by atoms with Crippen molar-refractivity contribution in [1.29, 1.82) is 0 Å². The van der Waals surface area contributed by atoms with Gasteiger partial charge in [-0.1, -0.05) is 24.3 Å². The first-order chi connectivity index (χ1) is 15.0. The molecule has 3 rings (SSSR count). The van der Waals surface area contributed by atoms with Gasteiger partial charge in [0.1, 0.15) is 12.4 Å². The number of likely N-dealkylation sites (N-methyl/N-ethyl adjacent to an activating group) is 2.